The molecule has 4 heteroatoms. The lowest BCUT2D eigenvalue weighted by Gasteiger charge is -2.05. The van der Waals surface area contributed by atoms with E-state index in [0.717, 1.165) is 0 Å². The molecule has 3 rings (SSSR count). The van der Waals surface area contributed by atoms with Crippen LogP contribution in [0.2, 0.25) is 0 Å². The molecule has 1 amide bonds. The highest BCUT2D eigenvalue weighted by Crippen LogP contribution is 2.13. The Labute approximate surface area is 139 Å². The molecule has 4 nitrogen and oxygen atoms in total. The molecule has 0 atom stereocenters. The van der Waals surface area contributed by atoms with Crippen molar-refractivity contribution in [2.45, 2.75) is 0 Å². The lowest BCUT2D eigenvalue weighted by Crippen LogP contribution is -2.11. The average molecular weight is 317 g/mol. The van der Waals surface area contributed by atoms with Gasteiger partial charge in [-0.05, 0) is 60.7 Å². The second-order valence-electron chi connectivity index (χ2n) is 5.11. The Morgan fingerprint density at radius 1 is 0.833 bits per heavy atom. The summed E-state index contributed by atoms with van der Waals surface area (Å²) >= 11 is 0. The van der Waals surface area contributed by atoms with Crippen LogP contribution in [0.3, 0.4) is 0 Å². The second kappa shape index (κ2) is 7.24. The van der Waals surface area contributed by atoms with Crippen LogP contribution in [0.15, 0.2) is 83.5 Å². The van der Waals surface area contributed by atoms with E-state index in [-0.39, 0.29) is 11.7 Å². The number of hydrogen-bond donors (Lipinski definition) is 1. The van der Waals surface area contributed by atoms with Gasteiger partial charge < -0.3 is 9.73 Å². The molecular formula is C20H15NO3. The maximum Gasteiger partial charge on any atom is 0.255 e. The zero-order valence-corrected chi connectivity index (χ0v) is 12.8. The molecule has 0 aliphatic rings. The number of carbonyl (C=O) groups is 2. The van der Waals surface area contributed by atoms with Crippen molar-refractivity contribution < 1.29 is 14.0 Å². The maximum absolute atomic E-state index is 12.1. The first-order valence-corrected chi connectivity index (χ1v) is 7.45. The predicted octanol–water partition coefficient (Wildman–Crippen LogP) is 4.43. The van der Waals surface area contributed by atoms with Crippen molar-refractivity contribution in [1.82, 2.24) is 0 Å². The molecule has 0 unspecified atom stereocenters. The highest BCUT2D eigenvalue weighted by molar-refractivity contribution is 6.07. The summed E-state index contributed by atoms with van der Waals surface area (Å²) in [6.45, 7) is 0. The summed E-state index contributed by atoms with van der Waals surface area (Å²) in [5, 5.41) is 2.80. The van der Waals surface area contributed by atoms with Gasteiger partial charge in [0, 0.05) is 16.8 Å². The molecule has 0 radical (unpaired) electrons. The van der Waals surface area contributed by atoms with Crippen LogP contribution in [0.25, 0.3) is 6.08 Å². The number of furan rings is 1. The molecular weight excluding hydrogens is 302 g/mol. The standard InChI is InChI=1S/C20H15NO3/c22-19(13-12-18-7-4-14-24-18)15-8-10-17(11-9-15)21-20(23)16-5-2-1-3-6-16/h1-14H,(H,21,23). The predicted molar refractivity (Wildman–Crippen MR) is 92.9 cm³/mol. The van der Waals surface area contributed by atoms with E-state index in [1.54, 1.807) is 60.9 Å². The molecule has 24 heavy (non-hydrogen) atoms. The monoisotopic (exact) mass is 317 g/mol. The molecule has 0 bridgehead atoms. The summed E-state index contributed by atoms with van der Waals surface area (Å²) in [4.78, 5) is 24.1. The molecule has 0 saturated carbocycles. The number of amides is 1. The zero-order valence-electron chi connectivity index (χ0n) is 12.8. The summed E-state index contributed by atoms with van der Waals surface area (Å²) in [6, 6.07) is 19.2. The van der Waals surface area contributed by atoms with Crippen molar-refractivity contribution in [1.29, 1.82) is 0 Å². The minimum atomic E-state index is -0.188. The number of hydrogen-bond acceptors (Lipinski definition) is 3. The van der Waals surface area contributed by atoms with Gasteiger partial charge in [-0.3, -0.25) is 9.59 Å². The molecule has 0 saturated heterocycles. The normalized spacial score (nSPS) is 10.7. The fourth-order valence-electron chi connectivity index (χ4n) is 2.15. The van der Waals surface area contributed by atoms with Crippen molar-refractivity contribution in [3.63, 3.8) is 0 Å². The van der Waals surface area contributed by atoms with E-state index in [1.165, 1.54) is 6.08 Å². The van der Waals surface area contributed by atoms with Gasteiger partial charge in [-0.2, -0.15) is 0 Å². The number of nitrogens with one attached hydrogen (secondary N) is 1. The van der Waals surface area contributed by atoms with E-state index >= 15 is 0 Å². The van der Waals surface area contributed by atoms with Crippen molar-refractivity contribution >= 4 is 23.5 Å². The molecule has 0 fully saturated rings. The van der Waals surface area contributed by atoms with Crippen LogP contribution in [-0.4, -0.2) is 11.7 Å². The Kier molecular flexibility index (Phi) is 4.68. The van der Waals surface area contributed by atoms with Crippen molar-refractivity contribution in [3.8, 4) is 0 Å². The number of allylic oxidation sites excluding steroid dienone is 1. The number of carbonyl (C=O) groups excluding carboxylic acids is 2. The fourth-order valence-corrected chi connectivity index (χ4v) is 2.15. The van der Waals surface area contributed by atoms with Gasteiger partial charge in [0.1, 0.15) is 5.76 Å². The summed E-state index contributed by atoms with van der Waals surface area (Å²) < 4.78 is 5.14. The Morgan fingerprint density at radius 2 is 1.58 bits per heavy atom. The molecule has 0 spiro atoms. The van der Waals surface area contributed by atoms with Crippen LogP contribution in [-0.2, 0) is 0 Å². The minimum Gasteiger partial charge on any atom is -0.465 e. The highest BCUT2D eigenvalue weighted by atomic mass is 16.3. The average Bonchev–Trinajstić information content (AvgIpc) is 3.14. The first-order chi connectivity index (χ1) is 11.7. The van der Waals surface area contributed by atoms with Crippen LogP contribution in [0.1, 0.15) is 26.5 Å². The van der Waals surface area contributed by atoms with Crippen LogP contribution >= 0.6 is 0 Å². The molecule has 0 aliphatic carbocycles. The molecule has 3 aromatic rings. The Bertz CT molecular complexity index is 848. The summed E-state index contributed by atoms with van der Waals surface area (Å²) in [5.74, 6) is 0.301. The molecule has 1 aromatic heterocycles. The van der Waals surface area contributed by atoms with Crippen LogP contribution < -0.4 is 5.32 Å². The number of anilines is 1. The maximum atomic E-state index is 12.1. The van der Waals surface area contributed by atoms with Gasteiger partial charge in [-0.1, -0.05) is 18.2 Å². The van der Waals surface area contributed by atoms with Crippen molar-refractivity contribution in [3.05, 3.63) is 96.0 Å². The van der Waals surface area contributed by atoms with Gasteiger partial charge >= 0.3 is 0 Å². The van der Waals surface area contributed by atoms with Crippen molar-refractivity contribution in [2.75, 3.05) is 5.32 Å². The molecule has 118 valence electrons. The topological polar surface area (TPSA) is 59.3 Å². The third-order valence-electron chi connectivity index (χ3n) is 3.41. The Hall–Kier alpha value is -3.40. The van der Waals surface area contributed by atoms with E-state index in [0.29, 0.717) is 22.6 Å². The van der Waals surface area contributed by atoms with Crippen molar-refractivity contribution in [2.24, 2.45) is 0 Å². The van der Waals surface area contributed by atoms with E-state index < -0.39 is 0 Å². The lowest BCUT2D eigenvalue weighted by molar-refractivity contribution is 0.102. The number of rotatable bonds is 5. The van der Waals surface area contributed by atoms with Crippen LogP contribution in [0.5, 0.6) is 0 Å². The minimum absolute atomic E-state index is 0.132. The zero-order chi connectivity index (χ0) is 16.8. The van der Waals surface area contributed by atoms with E-state index in [9.17, 15) is 9.59 Å². The summed E-state index contributed by atoms with van der Waals surface area (Å²) in [6.07, 6.45) is 4.62. The number of benzene rings is 2. The lowest BCUT2D eigenvalue weighted by atomic mass is 10.1. The van der Waals surface area contributed by atoms with Gasteiger partial charge in [0.05, 0.1) is 6.26 Å². The van der Waals surface area contributed by atoms with E-state index in [1.807, 2.05) is 18.2 Å². The van der Waals surface area contributed by atoms with Gasteiger partial charge in [0.25, 0.3) is 5.91 Å². The second-order valence-corrected chi connectivity index (χ2v) is 5.11. The summed E-state index contributed by atoms with van der Waals surface area (Å²) in [5.41, 5.74) is 1.75. The molecule has 0 aliphatic heterocycles. The quantitative estimate of drug-likeness (QED) is 0.559. The molecule has 2 aromatic carbocycles. The third-order valence-corrected chi connectivity index (χ3v) is 3.41. The molecule has 1 N–H and O–H groups in total. The van der Waals surface area contributed by atoms with Gasteiger partial charge in [-0.15, -0.1) is 0 Å². The van der Waals surface area contributed by atoms with Crippen LogP contribution in [0.4, 0.5) is 5.69 Å². The molecule has 1 heterocycles. The van der Waals surface area contributed by atoms with Crippen LogP contribution in [0, 0.1) is 0 Å². The van der Waals surface area contributed by atoms with E-state index in [2.05, 4.69) is 5.32 Å². The first kappa shape index (κ1) is 15.5. The van der Waals surface area contributed by atoms with Gasteiger partial charge in [0.2, 0.25) is 0 Å². The first-order valence-electron chi connectivity index (χ1n) is 7.45. The largest absolute Gasteiger partial charge is 0.465 e. The highest BCUT2D eigenvalue weighted by Gasteiger charge is 2.06. The Morgan fingerprint density at radius 3 is 2.25 bits per heavy atom. The van der Waals surface area contributed by atoms with Gasteiger partial charge in [0.15, 0.2) is 5.78 Å². The Balaban J connectivity index is 1.65. The van der Waals surface area contributed by atoms with E-state index in [4.69, 9.17) is 4.42 Å². The number of ketones is 1. The third kappa shape index (κ3) is 3.87. The van der Waals surface area contributed by atoms with Gasteiger partial charge in [-0.25, -0.2) is 0 Å². The fraction of sp³-hybridized carbons (Fsp3) is 0. The summed E-state index contributed by atoms with van der Waals surface area (Å²) in [7, 11) is 0. The SMILES string of the molecule is O=C(C=Cc1ccco1)c1ccc(NC(=O)c2ccccc2)cc1. The smallest absolute Gasteiger partial charge is 0.255 e.